The van der Waals surface area contributed by atoms with Crippen LogP contribution in [-0.4, -0.2) is 39.9 Å². The van der Waals surface area contributed by atoms with Crippen molar-refractivity contribution >= 4 is 34.3 Å². The molecule has 192 valence electrons. The molecule has 0 unspecified atom stereocenters. The number of aliphatic imine (C=N–C) groups is 1. The third-order valence-electron chi connectivity index (χ3n) is 7.48. The molecule has 0 bridgehead atoms. The Morgan fingerprint density at radius 2 is 1.76 bits per heavy atom. The maximum Gasteiger partial charge on any atom is 0.262 e. The summed E-state index contributed by atoms with van der Waals surface area (Å²) in [5, 5.41) is 6.80. The molecule has 3 aromatic carbocycles. The van der Waals surface area contributed by atoms with Gasteiger partial charge in [0, 0.05) is 18.4 Å². The highest BCUT2D eigenvalue weighted by atomic mass is 32.2. The number of thioether (sulfide) groups is 1. The Labute approximate surface area is 226 Å². The number of methoxy groups -OCH3 is 1. The SMILES string of the molecule is COc1ccc(C2=NN(C3=NC(=O)[C@@H](CC(=O)c4ccc5c(c4)CCCC5)S3)[C@H](c3ccccc3)C2)cc1. The zero-order valence-electron chi connectivity index (χ0n) is 21.3. The van der Waals surface area contributed by atoms with Gasteiger partial charge in [-0.1, -0.05) is 54.2 Å². The third-order valence-corrected chi connectivity index (χ3v) is 8.63. The zero-order chi connectivity index (χ0) is 26.1. The van der Waals surface area contributed by atoms with Gasteiger partial charge in [-0.15, -0.1) is 0 Å². The van der Waals surface area contributed by atoms with Crippen LogP contribution in [0.2, 0.25) is 0 Å². The zero-order valence-corrected chi connectivity index (χ0v) is 22.1. The predicted octanol–water partition coefficient (Wildman–Crippen LogP) is 6.00. The summed E-state index contributed by atoms with van der Waals surface area (Å²) < 4.78 is 5.30. The Bertz CT molecular complexity index is 1430. The number of ketones is 1. The summed E-state index contributed by atoms with van der Waals surface area (Å²) >= 11 is 1.35. The number of Topliss-reactive ketones (excluding diaryl/α,β-unsaturated/α-hetero) is 1. The fourth-order valence-electron chi connectivity index (χ4n) is 5.38. The molecule has 0 aromatic heterocycles. The number of amides is 1. The minimum Gasteiger partial charge on any atom is -0.497 e. The first-order chi connectivity index (χ1) is 18.6. The second-order valence-corrected chi connectivity index (χ2v) is 11.1. The van der Waals surface area contributed by atoms with Gasteiger partial charge >= 0.3 is 0 Å². The first kappa shape index (κ1) is 24.6. The van der Waals surface area contributed by atoms with E-state index in [4.69, 9.17) is 9.84 Å². The van der Waals surface area contributed by atoms with Gasteiger partial charge in [0.15, 0.2) is 11.0 Å². The first-order valence-corrected chi connectivity index (χ1v) is 14.0. The quantitative estimate of drug-likeness (QED) is 0.371. The number of hydrogen-bond donors (Lipinski definition) is 0. The number of carbonyl (C=O) groups is 2. The van der Waals surface area contributed by atoms with Crippen LogP contribution < -0.4 is 4.74 Å². The Hall–Kier alpha value is -3.71. The molecule has 38 heavy (non-hydrogen) atoms. The number of amidine groups is 1. The Morgan fingerprint density at radius 3 is 2.53 bits per heavy atom. The average Bonchev–Trinajstić information content (AvgIpc) is 3.57. The first-order valence-electron chi connectivity index (χ1n) is 13.1. The summed E-state index contributed by atoms with van der Waals surface area (Å²) in [7, 11) is 1.65. The van der Waals surface area contributed by atoms with Crippen molar-refractivity contribution < 1.29 is 14.3 Å². The molecule has 0 spiro atoms. The van der Waals surface area contributed by atoms with Crippen molar-refractivity contribution in [1.29, 1.82) is 0 Å². The van der Waals surface area contributed by atoms with E-state index in [1.54, 1.807) is 7.11 Å². The lowest BCUT2D eigenvalue weighted by atomic mass is 9.89. The number of rotatable bonds is 6. The molecule has 2 aliphatic heterocycles. The van der Waals surface area contributed by atoms with Crippen molar-refractivity contribution in [1.82, 2.24) is 5.01 Å². The van der Waals surface area contributed by atoms with Crippen LogP contribution in [0.1, 0.15) is 64.3 Å². The van der Waals surface area contributed by atoms with E-state index in [-0.39, 0.29) is 24.2 Å². The Balaban J connectivity index is 1.22. The van der Waals surface area contributed by atoms with Crippen LogP contribution >= 0.6 is 11.8 Å². The molecule has 6 nitrogen and oxygen atoms in total. The predicted molar refractivity (Wildman–Crippen MR) is 151 cm³/mol. The van der Waals surface area contributed by atoms with Crippen LogP contribution in [0.15, 0.2) is 82.9 Å². The fourth-order valence-corrected chi connectivity index (χ4v) is 6.44. The lowest BCUT2D eigenvalue weighted by Gasteiger charge is -2.23. The lowest BCUT2D eigenvalue weighted by Crippen LogP contribution is -2.24. The molecule has 6 rings (SSSR count). The number of aryl methyl sites for hydroxylation is 2. The van der Waals surface area contributed by atoms with Crippen molar-refractivity contribution in [3.63, 3.8) is 0 Å². The van der Waals surface area contributed by atoms with E-state index >= 15 is 0 Å². The molecule has 3 aromatic rings. The molecule has 3 aliphatic rings. The van der Waals surface area contributed by atoms with E-state index in [1.807, 2.05) is 59.6 Å². The molecule has 1 aliphatic carbocycles. The molecule has 0 N–H and O–H groups in total. The number of hydrogen-bond acceptors (Lipinski definition) is 6. The molecule has 0 saturated carbocycles. The standard InChI is InChI=1S/C31H29N3O3S/c1-37-25-15-13-21(14-16-25)26-18-27(22-8-3-2-4-9-22)34(33-26)31-32-30(36)29(38-31)19-28(35)24-12-11-20-7-5-6-10-23(20)17-24/h2-4,8-9,11-17,27,29H,5-7,10,18-19H2,1H3/t27-,29+/m0/s1. The Kier molecular flexibility index (Phi) is 6.85. The molecule has 7 heteroatoms. The molecule has 0 radical (unpaired) electrons. The summed E-state index contributed by atoms with van der Waals surface area (Å²) in [6.45, 7) is 0. The van der Waals surface area contributed by atoms with Crippen molar-refractivity contribution in [2.24, 2.45) is 10.1 Å². The van der Waals surface area contributed by atoms with Crippen molar-refractivity contribution in [3.8, 4) is 5.75 Å². The lowest BCUT2D eigenvalue weighted by molar-refractivity contribution is -0.117. The summed E-state index contributed by atoms with van der Waals surface area (Å²) in [6.07, 6.45) is 5.28. The van der Waals surface area contributed by atoms with Crippen molar-refractivity contribution in [3.05, 3.63) is 101 Å². The minimum absolute atomic E-state index is 0.0101. The normalized spacial score (nSPS) is 20.7. The smallest absolute Gasteiger partial charge is 0.262 e. The number of carbonyl (C=O) groups excluding carboxylic acids is 2. The van der Waals surface area contributed by atoms with Gasteiger partial charge < -0.3 is 4.74 Å². The highest BCUT2D eigenvalue weighted by Crippen LogP contribution is 2.39. The maximum atomic E-state index is 13.2. The Morgan fingerprint density at radius 1 is 1.00 bits per heavy atom. The minimum atomic E-state index is -0.537. The number of nitrogens with zero attached hydrogens (tertiary/aromatic N) is 3. The van der Waals surface area contributed by atoms with Crippen LogP contribution in [0, 0.1) is 0 Å². The molecule has 0 fully saturated rings. The molecule has 2 heterocycles. The fraction of sp³-hybridized carbons (Fsp3) is 0.290. The van der Waals surface area contributed by atoms with Gasteiger partial charge in [0.05, 0.1) is 18.9 Å². The molecule has 2 atom stereocenters. The van der Waals surface area contributed by atoms with Crippen LogP contribution in [0.4, 0.5) is 0 Å². The maximum absolute atomic E-state index is 13.2. The van der Waals surface area contributed by atoms with E-state index < -0.39 is 5.25 Å². The van der Waals surface area contributed by atoms with Gasteiger partial charge in [-0.3, -0.25) is 9.59 Å². The highest BCUT2D eigenvalue weighted by Gasteiger charge is 2.39. The van der Waals surface area contributed by atoms with Gasteiger partial charge in [0.2, 0.25) is 0 Å². The summed E-state index contributed by atoms with van der Waals surface area (Å²) in [5.41, 5.74) is 6.33. The van der Waals surface area contributed by atoms with Crippen molar-refractivity contribution in [2.75, 3.05) is 7.11 Å². The van der Waals surface area contributed by atoms with Gasteiger partial charge in [0.1, 0.15) is 11.0 Å². The van der Waals surface area contributed by atoms with Crippen LogP contribution in [0.5, 0.6) is 5.75 Å². The number of fused-ring (bicyclic) bond motifs is 1. The number of hydrazone groups is 1. The van der Waals surface area contributed by atoms with Gasteiger partial charge in [0.25, 0.3) is 5.91 Å². The molecular weight excluding hydrogens is 494 g/mol. The number of ether oxygens (including phenoxy) is 1. The topological polar surface area (TPSA) is 71.3 Å². The van der Waals surface area contributed by atoms with E-state index in [0.29, 0.717) is 17.2 Å². The number of benzene rings is 3. The highest BCUT2D eigenvalue weighted by molar-refractivity contribution is 8.15. The molecular formula is C31H29N3O3S. The van der Waals surface area contributed by atoms with Crippen LogP contribution in [0.3, 0.4) is 0 Å². The van der Waals surface area contributed by atoms with E-state index in [2.05, 4.69) is 23.2 Å². The summed E-state index contributed by atoms with van der Waals surface area (Å²) in [4.78, 5) is 30.5. The van der Waals surface area contributed by atoms with Gasteiger partial charge in [-0.2, -0.15) is 10.1 Å². The van der Waals surface area contributed by atoms with E-state index in [0.717, 1.165) is 41.9 Å². The third kappa shape index (κ3) is 4.90. The summed E-state index contributed by atoms with van der Waals surface area (Å²) in [5.74, 6) is 0.511. The van der Waals surface area contributed by atoms with Crippen LogP contribution in [-0.2, 0) is 17.6 Å². The summed E-state index contributed by atoms with van der Waals surface area (Å²) in [6, 6.07) is 23.9. The molecule has 1 amide bonds. The largest absolute Gasteiger partial charge is 0.497 e. The van der Waals surface area contributed by atoms with Crippen LogP contribution in [0.25, 0.3) is 0 Å². The van der Waals surface area contributed by atoms with E-state index in [9.17, 15) is 9.59 Å². The van der Waals surface area contributed by atoms with Gasteiger partial charge in [-0.05, 0) is 78.3 Å². The second-order valence-electron chi connectivity index (χ2n) is 9.91. The average molecular weight is 524 g/mol. The monoisotopic (exact) mass is 523 g/mol. The van der Waals surface area contributed by atoms with E-state index in [1.165, 1.54) is 29.3 Å². The second kappa shape index (κ2) is 10.6. The molecule has 0 saturated heterocycles. The van der Waals surface area contributed by atoms with Crippen molar-refractivity contribution in [2.45, 2.75) is 49.8 Å². The van der Waals surface area contributed by atoms with Gasteiger partial charge in [-0.25, -0.2) is 5.01 Å².